The molecule has 3 aromatic carbocycles. The smallest absolute Gasteiger partial charge is 0.312 e. The number of aromatic nitrogens is 1. The Hall–Kier alpha value is -12.6. The lowest BCUT2D eigenvalue weighted by Gasteiger charge is -2.38. The van der Waals surface area contributed by atoms with Crippen LogP contribution in [-0.4, -0.2) is 227 Å². The zero-order valence-corrected chi connectivity index (χ0v) is 66.3. The quantitative estimate of drug-likeness (QED) is 0.0162. The summed E-state index contributed by atoms with van der Waals surface area (Å²) in [6, 6.07) is 7.20. The van der Waals surface area contributed by atoms with Crippen molar-refractivity contribution < 1.29 is 111 Å². The van der Waals surface area contributed by atoms with Gasteiger partial charge < -0.3 is 102 Å². The first-order valence-electron chi connectivity index (χ1n) is 37.9. The SMILES string of the molecule is CO[C@H]1/C=C/O[C@@]2(C)Oc3c(C)c(O)c4c(=O)c(c5oc6cc(N7CCC(NC(=O)CNC(=O)CNC(=O)CNC(=O)[C@H](C)NC(=O)[C@H](Cc8ccccc8)NC(=O)[C@H](C)NC(=O)CNC(=O)CNC(=O)CCN8C(=O)C=CC8=O)CC7)cc(O)c6nc-5c4c3C2=O)NC(=O)/C(C)=C\C=C\[C@H](C)[C@H](O)[C@@H](C)[C@@H](O)[C@@H](C)[C@H](OC(C)=O)[C@@H]1C. The Balaban J connectivity index is 0.791. The molecule has 0 spiro atoms. The molecule has 37 nitrogen and oxygen atoms in total. The number of aliphatic hydroxyl groups is 2. The molecule has 0 aromatic heterocycles. The summed E-state index contributed by atoms with van der Waals surface area (Å²) in [7, 11) is 1.39. The summed E-state index contributed by atoms with van der Waals surface area (Å²) < 4.78 is 30.5. The number of phenols is 2. The fraction of sp³-hybridized carbons (Fsp3) is 0.450. The lowest BCUT2D eigenvalue weighted by atomic mass is 9.78. The van der Waals surface area contributed by atoms with Crippen LogP contribution in [0.5, 0.6) is 17.2 Å². The molecule has 626 valence electrons. The van der Waals surface area contributed by atoms with Gasteiger partial charge in [-0.3, -0.25) is 76.8 Å². The number of fused-ring (bicyclic) bond motifs is 2. The van der Waals surface area contributed by atoms with Gasteiger partial charge in [0.1, 0.15) is 58.4 Å². The third kappa shape index (κ3) is 21.5. The number of ether oxygens (including phenoxy) is 4. The molecule has 0 radical (unpaired) electrons. The van der Waals surface area contributed by atoms with Gasteiger partial charge in [0.15, 0.2) is 11.3 Å². The molecule has 0 saturated carbocycles. The first kappa shape index (κ1) is 88.3. The van der Waals surface area contributed by atoms with E-state index in [1.165, 1.54) is 79.0 Å². The first-order chi connectivity index (χ1) is 55.4. The molecule has 37 heteroatoms. The van der Waals surface area contributed by atoms with Crippen LogP contribution in [0.2, 0.25) is 0 Å². The first-order valence-corrected chi connectivity index (χ1v) is 37.9. The summed E-state index contributed by atoms with van der Waals surface area (Å²) >= 11 is 0. The summed E-state index contributed by atoms with van der Waals surface area (Å²) in [5.41, 5.74) is -1.28. The van der Waals surface area contributed by atoms with E-state index in [0.717, 1.165) is 23.3 Å². The molecule has 3 aromatic rings. The second kappa shape index (κ2) is 38.7. The summed E-state index contributed by atoms with van der Waals surface area (Å²) in [6.45, 7) is 12.3. The Labute approximate surface area is 670 Å². The van der Waals surface area contributed by atoms with Crippen LogP contribution in [0.4, 0.5) is 11.4 Å². The molecule has 9 rings (SSSR count). The van der Waals surface area contributed by atoms with Gasteiger partial charge in [0, 0.05) is 130 Å². The van der Waals surface area contributed by atoms with Crippen molar-refractivity contribution in [1.29, 1.82) is 0 Å². The second-order valence-electron chi connectivity index (χ2n) is 29.4. The number of benzene rings is 4. The van der Waals surface area contributed by atoms with Gasteiger partial charge in [-0.15, -0.1) is 0 Å². The number of nitrogens with zero attached hydrogens (tertiary/aromatic N) is 3. The van der Waals surface area contributed by atoms with Crippen molar-refractivity contribution in [3.8, 4) is 28.7 Å². The van der Waals surface area contributed by atoms with E-state index in [0.29, 0.717) is 37.2 Å². The zero-order valence-electron chi connectivity index (χ0n) is 66.3. The van der Waals surface area contributed by atoms with Gasteiger partial charge in [-0.05, 0) is 52.2 Å². The number of aliphatic hydroxyl groups excluding tert-OH is 2. The minimum atomic E-state index is -2.19. The molecule has 1 aliphatic carbocycles. The Bertz CT molecular complexity index is 4860. The number of piperidine rings is 1. The summed E-state index contributed by atoms with van der Waals surface area (Å²) in [5.74, 6) is -17.0. The van der Waals surface area contributed by atoms with Crippen molar-refractivity contribution in [2.24, 2.45) is 23.7 Å². The maximum Gasteiger partial charge on any atom is 0.312 e. The van der Waals surface area contributed by atoms with Gasteiger partial charge in [0.2, 0.25) is 58.6 Å². The molecule has 5 heterocycles. The van der Waals surface area contributed by atoms with Gasteiger partial charge in [-0.2, -0.15) is 0 Å². The molecule has 12 atom stereocenters. The third-order valence-electron chi connectivity index (χ3n) is 20.7. The average molecular weight is 1620 g/mol. The minimum absolute atomic E-state index is 0.0453. The molecule has 12 amide bonds. The number of rotatable bonds is 25. The molecule has 6 aliphatic rings. The van der Waals surface area contributed by atoms with Gasteiger partial charge in [0.05, 0.1) is 68.2 Å². The van der Waals surface area contributed by atoms with Gasteiger partial charge in [-0.25, -0.2) is 4.98 Å². The third-order valence-corrected chi connectivity index (χ3v) is 20.7. The molecular formula is C80H97N13O24. The monoisotopic (exact) mass is 1620 g/mol. The highest BCUT2D eigenvalue weighted by Gasteiger charge is 2.50. The zero-order chi connectivity index (χ0) is 85.6. The van der Waals surface area contributed by atoms with Crippen LogP contribution in [0.15, 0.2) is 100.0 Å². The number of imide groups is 1. The molecule has 0 unspecified atom stereocenters. The molecule has 5 aliphatic heterocycles. The number of allylic oxidation sites excluding steroid dienone is 2. The number of carbonyl (C=O) groups is 14. The van der Waals surface area contributed by atoms with E-state index in [2.05, 4.69) is 53.2 Å². The number of hydrogen-bond acceptors (Lipinski definition) is 26. The van der Waals surface area contributed by atoms with Crippen LogP contribution in [0.1, 0.15) is 103 Å². The van der Waals surface area contributed by atoms with Crippen LogP contribution >= 0.6 is 0 Å². The number of ketones is 1. The number of anilines is 2. The summed E-state index contributed by atoms with van der Waals surface area (Å²) in [6.07, 6.45) is 5.39. The van der Waals surface area contributed by atoms with Crippen molar-refractivity contribution in [3.05, 3.63) is 118 Å². The number of methoxy groups -OCH3 is 1. The lowest BCUT2D eigenvalue weighted by molar-refractivity contribution is -0.160. The van der Waals surface area contributed by atoms with Crippen molar-refractivity contribution in [1.82, 2.24) is 57.7 Å². The van der Waals surface area contributed by atoms with E-state index in [9.17, 15) is 82.8 Å². The maximum atomic E-state index is 15.1. The standard InChI is InChI=1S/C80H97N13O24/c1-38-16-15-17-39(2)76(109)91-67-71(107)63-62(64-73(43(6)70(63)106)117-80(10,75(64)108)114-29-25-52(113-11)40(3)72(115-46(9)94)42(5)69(105)41(4)68(38)104)66-74(67)116-53-32-49(31-51(95)65(53)90-66)92-26-22-48(23-27-92)88-59(101)37-84-56(98)34-82-57(99)35-85-77(110)44(7)87-79(112)50(30-47-18-13-12-14-19-47)89-78(111)45(8)86-58(100)36-83-55(97)33-81-54(96)24-28-93-60(102)20-21-61(93)103/h12-21,25,29,31-32,38,40-42,44-45,48,50,52,68-69,72,95,104-106H,22-24,26-28,30,33-37H2,1-11H3,(H,81,96)(H,82,99)(H,83,97)(H,84,98)(H,85,110)(H,86,100)(H,87,112)(H,88,101)(H,89,111)(H,91,109)/b16-15+,29-25+,39-17-/t38-,40+,41+,42+,44-,45-,50-,52-,68-,69+,72+,80-/m0/s1. The number of phenolic OH excluding ortho intramolecular Hbond substituents is 2. The normalized spacial score (nSPS) is 22.9. The number of esters is 1. The van der Waals surface area contributed by atoms with Crippen LogP contribution in [0.3, 0.4) is 0 Å². The average Bonchev–Trinajstić information content (AvgIpc) is 1.62. The highest BCUT2D eigenvalue weighted by atomic mass is 16.7. The van der Waals surface area contributed by atoms with E-state index in [4.69, 9.17) is 28.3 Å². The van der Waals surface area contributed by atoms with Crippen molar-refractivity contribution in [2.75, 3.05) is 69.7 Å². The van der Waals surface area contributed by atoms with Crippen molar-refractivity contribution >= 4 is 116 Å². The Kier molecular flexibility index (Phi) is 29.2. The maximum absolute atomic E-state index is 15.1. The number of aromatic hydroxyl groups is 2. The summed E-state index contributed by atoms with van der Waals surface area (Å²) in [4.78, 5) is 204. The highest BCUT2D eigenvalue weighted by molar-refractivity contribution is 6.22. The topological polar surface area (TPSA) is 527 Å². The Morgan fingerprint density at radius 2 is 1.32 bits per heavy atom. The molecule has 1 fully saturated rings. The Morgan fingerprint density at radius 3 is 1.95 bits per heavy atom. The fourth-order valence-electron chi connectivity index (χ4n) is 13.9. The highest BCUT2D eigenvalue weighted by Crippen LogP contribution is 2.51. The van der Waals surface area contributed by atoms with Crippen LogP contribution < -0.4 is 68.2 Å². The van der Waals surface area contributed by atoms with E-state index in [-0.39, 0.29) is 69.8 Å². The van der Waals surface area contributed by atoms with Crippen LogP contribution in [-0.2, 0) is 83.0 Å². The van der Waals surface area contributed by atoms with E-state index in [1.54, 1.807) is 64.1 Å². The lowest BCUT2D eigenvalue weighted by Crippen LogP contribution is -2.57. The van der Waals surface area contributed by atoms with Crippen LogP contribution in [0, 0.1) is 30.6 Å². The van der Waals surface area contributed by atoms with Gasteiger partial charge in [-0.1, -0.05) is 76.3 Å². The molecule has 4 bridgehead atoms. The van der Waals surface area contributed by atoms with E-state index in [1.807, 2.05) is 4.90 Å². The minimum Gasteiger partial charge on any atom is -0.507 e. The predicted octanol–water partition coefficient (Wildman–Crippen LogP) is 0.373. The Morgan fingerprint density at radius 1 is 0.709 bits per heavy atom. The second-order valence-corrected chi connectivity index (χ2v) is 29.4. The summed E-state index contributed by atoms with van der Waals surface area (Å²) in [5, 5.41) is 71.1. The van der Waals surface area contributed by atoms with Crippen molar-refractivity contribution in [2.45, 2.75) is 149 Å². The van der Waals surface area contributed by atoms with Crippen LogP contribution in [0.25, 0.3) is 33.3 Å². The number of hydrogen-bond donors (Lipinski definition) is 14. The molecule has 14 N–H and O–H groups in total. The predicted molar refractivity (Wildman–Crippen MR) is 419 cm³/mol. The van der Waals surface area contributed by atoms with Gasteiger partial charge >= 0.3 is 11.8 Å². The fourth-order valence-corrected chi connectivity index (χ4v) is 13.9. The molecular weight excluding hydrogens is 1530 g/mol. The number of amides is 12. The largest absolute Gasteiger partial charge is 0.507 e. The van der Waals surface area contributed by atoms with E-state index >= 15 is 9.59 Å². The molecule has 117 heavy (non-hydrogen) atoms. The van der Waals surface area contributed by atoms with Gasteiger partial charge in [0.25, 0.3) is 23.5 Å². The molecule has 1 saturated heterocycles. The number of carbonyl (C=O) groups excluding carboxylic acids is 14. The van der Waals surface area contributed by atoms with Crippen molar-refractivity contribution in [3.63, 3.8) is 0 Å². The van der Waals surface area contributed by atoms with E-state index < -0.39 is 221 Å². The number of Topliss-reactive ketones (excluding diaryl/α,β-unsaturated/α-hetero) is 1. The number of nitrogens with one attached hydrogen (secondary N) is 10.